The van der Waals surface area contributed by atoms with Gasteiger partial charge in [-0.05, 0) is 37.3 Å². The van der Waals surface area contributed by atoms with Crippen LogP contribution in [0.15, 0.2) is 18.3 Å². The summed E-state index contributed by atoms with van der Waals surface area (Å²) in [6.07, 6.45) is 3.76. The third kappa shape index (κ3) is 3.76. The molecule has 0 spiro atoms. The number of likely N-dealkylation sites (tertiary alicyclic amines) is 1. The number of aromatic nitrogens is 1. The van der Waals surface area contributed by atoms with Crippen LogP contribution in [0.5, 0.6) is 0 Å². The van der Waals surface area contributed by atoms with E-state index in [0.717, 1.165) is 12.8 Å². The zero-order valence-corrected chi connectivity index (χ0v) is 11.1. The smallest absolute Gasteiger partial charge is 0.303 e. The standard InChI is InChI=1S/C14H17FN2O3/c15-12-5-4-11(8-16-12)14(20)17-7-1-2-10(9-17)3-6-13(18)19/h4-5,8,10H,1-3,6-7,9H2,(H,18,19). The van der Waals surface area contributed by atoms with Crippen molar-refractivity contribution in [2.24, 2.45) is 5.92 Å². The van der Waals surface area contributed by atoms with E-state index in [1.165, 1.54) is 18.3 Å². The molecule has 6 heteroatoms. The molecule has 2 heterocycles. The van der Waals surface area contributed by atoms with Crippen LogP contribution in [0.2, 0.25) is 0 Å². The van der Waals surface area contributed by atoms with E-state index >= 15 is 0 Å². The van der Waals surface area contributed by atoms with Crippen molar-refractivity contribution in [1.82, 2.24) is 9.88 Å². The van der Waals surface area contributed by atoms with E-state index in [9.17, 15) is 14.0 Å². The molecule has 1 aromatic rings. The fraction of sp³-hybridized carbons (Fsp3) is 0.500. The van der Waals surface area contributed by atoms with Gasteiger partial charge < -0.3 is 10.0 Å². The monoisotopic (exact) mass is 280 g/mol. The van der Waals surface area contributed by atoms with Gasteiger partial charge >= 0.3 is 5.97 Å². The lowest BCUT2D eigenvalue weighted by Gasteiger charge is -2.32. The number of carbonyl (C=O) groups is 2. The normalized spacial score (nSPS) is 18.9. The van der Waals surface area contributed by atoms with E-state index in [-0.39, 0.29) is 18.2 Å². The molecule has 0 radical (unpaired) electrons. The van der Waals surface area contributed by atoms with E-state index < -0.39 is 11.9 Å². The largest absolute Gasteiger partial charge is 0.481 e. The number of hydrogen-bond donors (Lipinski definition) is 1. The van der Waals surface area contributed by atoms with Crippen molar-refractivity contribution < 1.29 is 19.1 Å². The first kappa shape index (κ1) is 14.4. The molecule has 5 nitrogen and oxygen atoms in total. The van der Waals surface area contributed by atoms with E-state index in [2.05, 4.69) is 4.98 Å². The van der Waals surface area contributed by atoms with E-state index in [0.29, 0.717) is 25.1 Å². The molecule has 1 aliphatic rings. The van der Waals surface area contributed by atoms with Crippen molar-refractivity contribution in [3.63, 3.8) is 0 Å². The van der Waals surface area contributed by atoms with E-state index in [1.54, 1.807) is 4.90 Å². The lowest BCUT2D eigenvalue weighted by molar-refractivity contribution is -0.137. The minimum Gasteiger partial charge on any atom is -0.481 e. The Kier molecular flexibility index (Phi) is 4.65. The molecule has 1 N–H and O–H groups in total. The van der Waals surface area contributed by atoms with Crippen molar-refractivity contribution in [3.8, 4) is 0 Å². The van der Waals surface area contributed by atoms with Crippen LogP contribution in [-0.4, -0.2) is 40.0 Å². The van der Waals surface area contributed by atoms with Crippen LogP contribution in [0.4, 0.5) is 4.39 Å². The van der Waals surface area contributed by atoms with Crippen LogP contribution < -0.4 is 0 Å². The molecule has 1 fully saturated rings. The van der Waals surface area contributed by atoms with Gasteiger partial charge in [-0.15, -0.1) is 0 Å². The highest BCUT2D eigenvalue weighted by atomic mass is 19.1. The number of rotatable bonds is 4. The molecule has 1 saturated heterocycles. The molecule has 0 aromatic carbocycles. The van der Waals surface area contributed by atoms with Gasteiger partial charge in [0.05, 0.1) is 5.56 Å². The summed E-state index contributed by atoms with van der Waals surface area (Å²) < 4.78 is 12.7. The number of amides is 1. The fourth-order valence-electron chi connectivity index (χ4n) is 2.50. The second kappa shape index (κ2) is 6.45. The predicted molar refractivity (Wildman–Crippen MR) is 69.7 cm³/mol. The molecule has 1 amide bonds. The summed E-state index contributed by atoms with van der Waals surface area (Å²) >= 11 is 0. The first-order valence-electron chi connectivity index (χ1n) is 6.69. The van der Waals surface area contributed by atoms with Gasteiger partial charge in [0.15, 0.2) is 0 Å². The summed E-state index contributed by atoms with van der Waals surface area (Å²) in [5.41, 5.74) is 0.366. The topological polar surface area (TPSA) is 70.5 Å². The summed E-state index contributed by atoms with van der Waals surface area (Å²) in [6.45, 7) is 1.21. The molecule has 20 heavy (non-hydrogen) atoms. The second-order valence-electron chi connectivity index (χ2n) is 5.06. The Morgan fingerprint density at radius 3 is 2.90 bits per heavy atom. The number of halogens is 1. The number of aliphatic carboxylic acids is 1. The molecular formula is C14H17FN2O3. The Balaban J connectivity index is 1.96. The zero-order valence-electron chi connectivity index (χ0n) is 11.1. The summed E-state index contributed by atoms with van der Waals surface area (Å²) in [6, 6.07) is 2.59. The number of carboxylic acid groups (broad SMARTS) is 1. The van der Waals surface area contributed by atoms with Gasteiger partial charge in [-0.3, -0.25) is 9.59 Å². The van der Waals surface area contributed by atoms with Gasteiger partial charge in [0, 0.05) is 25.7 Å². The minimum atomic E-state index is -0.809. The maximum Gasteiger partial charge on any atom is 0.303 e. The Labute approximate surface area is 116 Å². The van der Waals surface area contributed by atoms with Crippen molar-refractivity contribution in [3.05, 3.63) is 29.8 Å². The summed E-state index contributed by atoms with van der Waals surface area (Å²) in [7, 11) is 0. The number of hydrogen-bond acceptors (Lipinski definition) is 3. The molecule has 0 saturated carbocycles. The molecule has 1 aliphatic heterocycles. The number of carbonyl (C=O) groups excluding carboxylic acids is 1. The molecule has 1 aromatic heterocycles. The van der Waals surface area contributed by atoms with Crippen LogP contribution in [0.3, 0.4) is 0 Å². The Morgan fingerprint density at radius 2 is 2.25 bits per heavy atom. The average Bonchev–Trinajstić information content (AvgIpc) is 2.45. The van der Waals surface area contributed by atoms with Gasteiger partial charge in [0.1, 0.15) is 0 Å². The SMILES string of the molecule is O=C(O)CCC1CCCN(C(=O)c2ccc(F)nc2)C1. The number of pyridine rings is 1. The van der Waals surface area contributed by atoms with Gasteiger partial charge in [0.25, 0.3) is 5.91 Å². The van der Waals surface area contributed by atoms with Crippen LogP contribution in [0.25, 0.3) is 0 Å². The summed E-state index contributed by atoms with van der Waals surface area (Å²) in [4.78, 5) is 28.0. The van der Waals surface area contributed by atoms with Crippen LogP contribution in [0, 0.1) is 11.9 Å². The highest BCUT2D eigenvalue weighted by molar-refractivity contribution is 5.93. The first-order chi connectivity index (χ1) is 9.56. The Morgan fingerprint density at radius 1 is 1.45 bits per heavy atom. The van der Waals surface area contributed by atoms with Gasteiger partial charge in [-0.25, -0.2) is 4.98 Å². The number of piperidine rings is 1. The third-order valence-electron chi connectivity index (χ3n) is 3.55. The van der Waals surface area contributed by atoms with Crippen LogP contribution in [0.1, 0.15) is 36.0 Å². The van der Waals surface area contributed by atoms with E-state index in [4.69, 9.17) is 5.11 Å². The maximum absolute atomic E-state index is 12.7. The van der Waals surface area contributed by atoms with E-state index in [1.807, 2.05) is 0 Å². The van der Waals surface area contributed by atoms with Gasteiger partial charge in [-0.2, -0.15) is 4.39 Å². The van der Waals surface area contributed by atoms with Crippen molar-refractivity contribution in [1.29, 1.82) is 0 Å². The molecule has 2 rings (SSSR count). The Bertz CT molecular complexity index is 490. The van der Waals surface area contributed by atoms with Gasteiger partial charge in [-0.1, -0.05) is 0 Å². The average molecular weight is 280 g/mol. The summed E-state index contributed by atoms with van der Waals surface area (Å²) in [5.74, 6) is -1.37. The van der Waals surface area contributed by atoms with Crippen LogP contribution >= 0.6 is 0 Å². The second-order valence-corrected chi connectivity index (χ2v) is 5.06. The van der Waals surface area contributed by atoms with Gasteiger partial charge in [0.2, 0.25) is 5.95 Å². The molecule has 1 atom stereocenters. The minimum absolute atomic E-state index is 0.130. The molecule has 0 aliphatic carbocycles. The van der Waals surface area contributed by atoms with Crippen LogP contribution in [-0.2, 0) is 4.79 Å². The Hall–Kier alpha value is -1.98. The van der Waals surface area contributed by atoms with Crippen molar-refractivity contribution in [2.75, 3.05) is 13.1 Å². The zero-order chi connectivity index (χ0) is 14.5. The lowest BCUT2D eigenvalue weighted by Crippen LogP contribution is -2.40. The first-order valence-corrected chi connectivity index (χ1v) is 6.69. The van der Waals surface area contributed by atoms with Crippen molar-refractivity contribution in [2.45, 2.75) is 25.7 Å². The number of nitrogens with zero attached hydrogens (tertiary/aromatic N) is 2. The lowest BCUT2D eigenvalue weighted by atomic mass is 9.93. The quantitative estimate of drug-likeness (QED) is 0.856. The molecular weight excluding hydrogens is 263 g/mol. The predicted octanol–water partition coefficient (Wildman–Crippen LogP) is 1.94. The highest BCUT2D eigenvalue weighted by Crippen LogP contribution is 2.22. The summed E-state index contributed by atoms with van der Waals surface area (Å²) in [5, 5.41) is 8.70. The third-order valence-corrected chi connectivity index (χ3v) is 3.55. The fourth-order valence-corrected chi connectivity index (χ4v) is 2.50. The highest BCUT2D eigenvalue weighted by Gasteiger charge is 2.24. The maximum atomic E-state index is 12.7. The number of carboxylic acids is 1. The molecule has 0 bridgehead atoms. The molecule has 1 unspecified atom stereocenters. The molecule has 108 valence electrons. The van der Waals surface area contributed by atoms with Crippen molar-refractivity contribution >= 4 is 11.9 Å².